The minimum atomic E-state index is -1.31. The van der Waals surface area contributed by atoms with E-state index >= 15 is 0 Å². The van der Waals surface area contributed by atoms with Gasteiger partial charge >= 0.3 is 11.7 Å². The van der Waals surface area contributed by atoms with Crippen molar-refractivity contribution in [3.05, 3.63) is 50.7 Å². The topological polar surface area (TPSA) is 140 Å². The lowest BCUT2D eigenvalue weighted by molar-refractivity contribution is -0.135. The number of aliphatic carboxylic acids is 1. The summed E-state index contributed by atoms with van der Waals surface area (Å²) >= 11 is 0. The van der Waals surface area contributed by atoms with Crippen molar-refractivity contribution in [2.45, 2.75) is 25.8 Å². The third kappa shape index (κ3) is 4.31. The second-order valence-electron chi connectivity index (χ2n) is 6.78. The summed E-state index contributed by atoms with van der Waals surface area (Å²) in [6.07, 6.45) is 2.62. The third-order valence-corrected chi connectivity index (χ3v) is 4.71. The molecule has 1 saturated carbocycles. The van der Waals surface area contributed by atoms with Crippen LogP contribution in [0.3, 0.4) is 0 Å². The lowest BCUT2D eigenvalue weighted by Crippen LogP contribution is -2.44. The number of hydrogen-bond acceptors (Lipinski definition) is 6. The molecule has 29 heavy (non-hydrogen) atoms. The molecule has 0 radical (unpaired) electrons. The van der Waals surface area contributed by atoms with Crippen molar-refractivity contribution in [2.75, 3.05) is 13.7 Å². The molecule has 0 aliphatic heterocycles. The SMILES string of the molecule is COc1cccc(-n2c(O)c(C(=O)NCC(=O)O)c(=O)n(CCC3CC3)c2=O)c1. The van der Waals surface area contributed by atoms with Crippen molar-refractivity contribution in [1.82, 2.24) is 14.5 Å². The summed E-state index contributed by atoms with van der Waals surface area (Å²) in [6.45, 7) is -0.649. The zero-order valence-electron chi connectivity index (χ0n) is 15.8. The van der Waals surface area contributed by atoms with Gasteiger partial charge in [0.1, 0.15) is 12.3 Å². The number of nitrogens with zero attached hydrogens (tertiary/aromatic N) is 2. The average Bonchev–Trinajstić information content (AvgIpc) is 3.51. The van der Waals surface area contributed by atoms with Crippen LogP contribution in [-0.2, 0) is 11.3 Å². The van der Waals surface area contributed by atoms with E-state index in [1.165, 1.54) is 19.2 Å². The van der Waals surface area contributed by atoms with E-state index in [-0.39, 0.29) is 12.2 Å². The number of amides is 1. The summed E-state index contributed by atoms with van der Waals surface area (Å²) in [5, 5.41) is 21.4. The maximum atomic E-state index is 13.0. The minimum absolute atomic E-state index is 0.0891. The highest BCUT2D eigenvalue weighted by molar-refractivity contribution is 5.97. The number of methoxy groups -OCH3 is 1. The Balaban J connectivity index is 2.17. The zero-order chi connectivity index (χ0) is 21.1. The number of carboxylic acid groups (broad SMARTS) is 1. The molecule has 154 valence electrons. The van der Waals surface area contributed by atoms with E-state index in [4.69, 9.17) is 9.84 Å². The Morgan fingerprint density at radius 1 is 1.28 bits per heavy atom. The fourth-order valence-electron chi connectivity index (χ4n) is 2.98. The number of benzene rings is 1. The van der Waals surface area contributed by atoms with Crippen LogP contribution in [0.5, 0.6) is 11.6 Å². The Kier molecular flexibility index (Phi) is 5.71. The molecule has 1 amide bonds. The van der Waals surface area contributed by atoms with Gasteiger partial charge in [-0.3, -0.25) is 19.0 Å². The van der Waals surface area contributed by atoms with Crippen molar-refractivity contribution < 1.29 is 24.5 Å². The van der Waals surface area contributed by atoms with Gasteiger partial charge in [0.2, 0.25) is 5.88 Å². The average molecular weight is 403 g/mol. The van der Waals surface area contributed by atoms with Gasteiger partial charge < -0.3 is 20.3 Å². The summed E-state index contributed by atoms with van der Waals surface area (Å²) in [7, 11) is 1.43. The van der Waals surface area contributed by atoms with Crippen LogP contribution in [0.15, 0.2) is 33.9 Å². The molecule has 1 fully saturated rings. The number of carboxylic acids is 1. The monoisotopic (exact) mass is 403 g/mol. The van der Waals surface area contributed by atoms with Gasteiger partial charge in [0.25, 0.3) is 11.5 Å². The number of carbonyl (C=O) groups excluding carboxylic acids is 1. The number of nitrogens with one attached hydrogen (secondary N) is 1. The third-order valence-electron chi connectivity index (χ3n) is 4.71. The second kappa shape index (κ2) is 8.21. The first kappa shape index (κ1) is 20.2. The summed E-state index contributed by atoms with van der Waals surface area (Å²) in [5.41, 5.74) is -2.25. The highest BCUT2D eigenvalue weighted by Gasteiger charge is 2.27. The number of ether oxygens (including phenoxy) is 1. The van der Waals surface area contributed by atoms with E-state index < -0.39 is 41.1 Å². The quantitative estimate of drug-likeness (QED) is 0.577. The van der Waals surface area contributed by atoms with Crippen LogP contribution in [0.4, 0.5) is 0 Å². The van der Waals surface area contributed by atoms with E-state index in [0.29, 0.717) is 18.1 Å². The first-order valence-corrected chi connectivity index (χ1v) is 9.06. The summed E-state index contributed by atoms with van der Waals surface area (Å²) < 4.78 is 6.87. The number of hydrogen-bond donors (Lipinski definition) is 3. The smallest absolute Gasteiger partial charge is 0.338 e. The molecule has 0 unspecified atom stereocenters. The van der Waals surface area contributed by atoms with Crippen molar-refractivity contribution in [3.63, 3.8) is 0 Å². The van der Waals surface area contributed by atoms with Crippen LogP contribution in [0, 0.1) is 5.92 Å². The van der Waals surface area contributed by atoms with Crippen LogP contribution in [0.2, 0.25) is 0 Å². The van der Waals surface area contributed by atoms with E-state index in [2.05, 4.69) is 5.32 Å². The molecule has 1 aromatic carbocycles. The Morgan fingerprint density at radius 2 is 2.00 bits per heavy atom. The van der Waals surface area contributed by atoms with Crippen LogP contribution < -0.4 is 21.3 Å². The molecule has 3 rings (SSSR count). The first-order chi connectivity index (χ1) is 13.8. The second-order valence-corrected chi connectivity index (χ2v) is 6.78. The van der Waals surface area contributed by atoms with Crippen LogP contribution >= 0.6 is 0 Å². The maximum absolute atomic E-state index is 13.0. The Hall–Kier alpha value is -3.56. The van der Waals surface area contributed by atoms with Crippen LogP contribution in [0.25, 0.3) is 5.69 Å². The fraction of sp³-hybridized carbons (Fsp3) is 0.368. The zero-order valence-corrected chi connectivity index (χ0v) is 15.8. The van der Waals surface area contributed by atoms with Crippen molar-refractivity contribution in [2.24, 2.45) is 5.92 Å². The van der Waals surface area contributed by atoms with Gasteiger partial charge in [-0.1, -0.05) is 18.9 Å². The minimum Gasteiger partial charge on any atom is -0.497 e. The van der Waals surface area contributed by atoms with E-state index in [1.54, 1.807) is 12.1 Å². The number of rotatable bonds is 8. The Morgan fingerprint density at radius 3 is 2.62 bits per heavy atom. The van der Waals surface area contributed by atoms with Gasteiger partial charge in [-0.2, -0.15) is 0 Å². The van der Waals surface area contributed by atoms with Crippen molar-refractivity contribution >= 4 is 11.9 Å². The molecule has 1 aliphatic carbocycles. The molecule has 0 spiro atoms. The molecule has 10 heteroatoms. The molecule has 1 aliphatic rings. The van der Waals surface area contributed by atoms with Gasteiger partial charge in [-0.05, 0) is 24.5 Å². The number of aromatic hydroxyl groups is 1. The molecular formula is C19H21N3O7. The summed E-state index contributed by atoms with van der Waals surface area (Å²) in [6, 6.07) is 6.20. The van der Waals surface area contributed by atoms with E-state index in [9.17, 15) is 24.3 Å². The maximum Gasteiger partial charge on any atom is 0.338 e. The van der Waals surface area contributed by atoms with Gasteiger partial charge in [0.05, 0.1) is 12.8 Å². The fourth-order valence-corrected chi connectivity index (χ4v) is 2.98. The molecule has 0 atom stereocenters. The highest BCUT2D eigenvalue weighted by Crippen LogP contribution is 2.32. The predicted molar refractivity (Wildman–Crippen MR) is 102 cm³/mol. The van der Waals surface area contributed by atoms with Crippen LogP contribution in [0.1, 0.15) is 29.6 Å². The molecule has 0 saturated heterocycles. The number of carbonyl (C=O) groups is 2. The summed E-state index contributed by atoms with van der Waals surface area (Å²) in [5.74, 6) is -2.43. The summed E-state index contributed by atoms with van der Waals surface area (Å²) in [4.78, 5) is 48.9. The van der Waals surface area contributed by atoms with Crippen molar-refractivity contribution in [3.8, 4) is 17.3 Å². The number of aromatic nitrogens is 2. The molecule has 0 bridgehead atoms. The van der Waals surface area contributed by atoms with Gasteiger partial charge in [-0.25, -0.2) is 9.36 Å². The largest absolute Gasteiger partial charge is 0.497 e. The van der Waals surface area contributed by atoms with Gasteiger partial charge in [0, 0.05) is 12.6 Å². The van der Waals surface area contributed by atoms with Crippen molar-refractivity contribution in [1.29, 1.82) is 0 Å². The normalized spacial score (nSPS) is 13.1. The molecular weight excluding hydrogens is 382 g/mol. The standard InChI is InChI=1S/C19H21N3O7/c1-29-13-4-2-3-12(9-13)22-18(27)15(16(25)20-10-14(23)24)17(26)21(19(22)28)8-7-11-5-6-11/h2-4,9,11,27H,5-8,10H2,1H3,(H,20,25)(H,23,24). The lowest BCUT2D eigenvalue weighted by Gasteiger charge is -2.16. The molecule has 10 nitrogen and oxygen atoms in total. The predicted octanol–water partition coefficient (Wildman–Crippen LogP) is 0.328. The van der Waals surface area contributed by atoms with E-state index in [1.807, 2.05) is 0 Å². The molecule has 3 N–H and O–H groups in total. The Labute approximate surface area is 165 Å². The van der Waals surface area contributed by atoms with E-state index in [0.717, 1.165) is 22.0 Å². The highest BCUT2D eigenvalue weighted by atomic mass is 16.5. The van der Waals surface area contributed by atoms with Gasteiger partial charge in [0.15, 0.2) is 5.56 Å². The van der Waals surface area contributed by atoms with Gasteiger partial charge in [-0.15, -0.1) is 0 Å². The van der Waals surface area contributed by atoms with Crippen LogP contribution in [-0.4, -0.2) is 44.9 Å². The lowest BCUT2D eigenvalue weighted by atomic mass is 10.2. The molecule has 1 aromatic heterocycles. The molecule has 2 aromatic rings. The molecule has 1 heterocycles. The Bertz CT molecular complexity index is 1070. The first-order valence-electron chi connectivity index (χ1n) is 9.06.